The minimum absolute atomic E-state index is 0.0784. The molecule has 1 N–H and O–H groups in total. The Hall–Kier alpha value is -4.76. The molecule has 10 nitrogen and oxygen atoms in total. The number of hydrogen-bond acceptors (Lipinski definition) is 7. The average molecular weight is 629 g/mol. The van der Waals surface area contributed by atoms with Gasteiger partial charge in [-0.25, -0.2) is 18.9 Å². The Morgan fingerprint density at radius 3 is 2.55 bits per heavy atom. The number of ether oxygens (including phenoxy) is 2. The monoisotopic (exact) mass is 628 g/mol. The normalized spacial score (nSPS) is 15.1. The van der Waals surface area contributed by atoms with Gasteiger partial charge in [0.05, 0.1) is 28.9 Å². The van der Waals surface area contributed by atoms with Crippen molar-refractivity contribution >= 4 is 40.2 Å². The van der Waals surface area contributed by atoms with Gasteiger partial charge in [-0.2, -0.15) is 4.99 Å². The number of methoxy groups -OCH3 is 1. The second-order valence-corrected chi connectivity index (χ2v) is 10.5. The topological polar surface area (TPSA) is 111 Å². The minimum atomic E-state index is -4.81. The van der Waals surface area contributed by atoms with E-state index < -0.39 is 24.0 Å². The van der Waals surface area contributed by atoms with Crippen molar-refractivity contribution in [3.8, 4) is 22.8 Å². The van der Waals surface area contributed by atoms with Crippen LogP contribution in [0.4, 0.5) is 33.7 Å². The van der Waals surface area contributed by atoms with Gasteiger partial charge in [-0.15, -0.1) is 18.3 Å². The van der Waals surface area contributed by atoms with E-state index >= 15 is 4.39 Å². The molecule has 1 atom stereocenters. The maximum Gasteiger partial charge on any atom is 0.573 e. The van der Waals surface area contributed by atoms with Crippen LogP contribution in [-0.2, 0) is 9.53 Å². The lowest BCUT2D eigenvalue weighted by Gasteiger charge is -2.23. The number of aliphatic imine (C=N–C) groups is 1. The third-order valence-corrected chi connectivity index (χ3v) is 7.40. The Morgan fingerprint density at radius 1 is 1.11 bits per heavy atom. The maximum atomic E-state index is 15.0. The number of alkyl halides is 3. The van der Waals surface area contributed by atoms with Crippen LogP contribution in [0.25, 0.3) is 17.1 Å². The second-order valence-electron chi connectivity index (χ2n) is 9.53. The number of halogens is 4. The van der Waals surface area contributed by atoms with Crippen molar-refractivity contribution in [2.45, 2.75) is 26.3 Å². The molecule has 1 aromatic heterocycles. The Labute approximate surface area is 252 Å². The first-order valence-corrected chi connectivity index (χ1v) is 14.0. The zero-order chi connectivity index (χ0) is 31.6. The third kappa shape index (κ3) is 6.89. The van der Waals surface area contributed by atoms with Crippen LogP contribution in [0.2, 0.25) is 0 Å². The largest absolute Gasteiger partial charge is 0.573 e. The van der Waals surface area contributed by atoms with Crippen molar-refractivity contribution in [2.75, 3.05) is 23.1 Å². The smallest absolute Gasteiger partial charge is 0.406 e. The van der Waals surface area contributed by atoms with Crippen LogP contribution in [-0.4, -0.2) is 51.1 Å². The number of benzene rings is 3. The Bertz CT molecular complexity index is 1740. The van der Waals surface area contributed by atoms with Crippen LogP contribution < -0.4 is 15.0 Å². The molecule has 0 bridgehead atoms. The van der Waals surface area contributed by atoms with Gasteiger partial charge in [-0.3, -0.25) is 9.69 Å². The fourth-order valence-corrected chi connectivity index (χ4v) is 5.18. The van der Waals surface area contributed by atoms with Crippen LogP contribution in [0.15, 0.2) is 72.0 Å². The van der Waals surface area contributed by atoms with Gasteiger partial charge in [0.15, 0.2) is 11.0 Å². The zero-order valence-electron chi connectivity index (χ0n) is 23.4. The second kappa shape index (κ2) is 12.5. The first kappa shape index (κ1) is 30.7. The molecule has 1 aliphatic heterocycles. The summed E-state index contributed by atoms with van der Waals surface area (Å²) in [5, 5.41) is 6.79. The van der Waals surface area contributed by atoms with Crippen LogP contribution in [0.5, 0.6) is 5.75 Å². The number of carbonyl (C=O) groups excluding carboxylic acids is 2. The van der Waals surface area contributed by atoms with E-state index in [1.54, 1.807) is 13.2 Å². The summed E-state index contributed by atoms with van der Waals surface area (Å²) in [6, 6.07) is 13.5. The number of rotatable bonds is 7. The van der Waals surface area contributed by atoms with Crippen LogP contribution in [0, 0.1) is 12.7 Å². The number of nitrogens with zero attached hydrogens (tertiary/aromatic N) is 5. The highest BCUT2D eigenvalue weighted by Crippen LogP contribution is 2.34. The molecule has 0 aliphatic carbocycles. The Balaban J connectivity index is 1.31. The zero-order valence-corrected chi connectivity index (χ0v) is 24.2. The van der Waals surface area contributed by atoms with Gasteiger partial charge in [-0.05, 0) is 62.4 Å². The van der Waals surface area contributed by atoms with Crippen LogP contribution >= 0.6 is 11.8 Å². The number of amidine groups is 1. The highest BCUT2D eigenvalue weighted by atomic mass is 32.2. The average Bonchev–Trinajstić information content (AvgIpc) is 3.60. The molecule has 2 heterocycles. The Kier molecular flexibility index (Phi) is 8.69. The van der Waals surface area contributed by atoms with Crippen molar-refractivity contribution in [1.29, 1.82) is 0 Å². The number of anilines is 2. The standard InChI is InChI=1S/C29H24F4N6O4S/c1-16-4-11-24(21(12-16)17(2)42-3)39-25(40)14-44-28(39)36-27(41)35-23-10-5-18(13-22(23)30)26-34-15-38(37-26)19-6-8-20(9-7-19)43-29(31,32)33/h4-13,15,17H,14H2,1-3H3,(H,35,41). The quantitative estimate of drug-likeness (QED) is 0.228. The van der Waals surface area contributed by atoms with Gasteiger partial charge in [0.1, 0.15) is 17.9 Å². The fourth-order valence-electron chi connectivity index (χ4n) is 4.32. The molecule has 1 aliphatic rings. The summed E-state index contributed by atoms with van der Waals surface area (Å²) in [6.07, 6.45) is -3.82. The van der Waals surface area contributed by atoms with Gasteiger partial charge in [0.2, 0.25) is 5.91 Å². The molecule has 5 rings (SSSR count). The summed E-state index contributed by atoms with van der Waals surface area (Å²) < 4.78 is 62.9. The summed E-state index contributed by atoms with van der Waals surface area (Å²) in [5.41, 5.74) is 2.78. The highest BCUT2D eigenvalue weighted by molar-refractivity contribution is 8.15. The maximum absolute atomic E-state index is 15.0. The molecule has 4 aromatic rings. The lowest BCUT2D eigenvalue weighted by Crippen LogP contribution is -2.31. The number of amides is 3. The summed E-state index contributed by atoms with van der Waals surface area (Å²) in [7, 11) is 1.56. The van der Waals surface area contributed by atoms with E-state index in [9.17, 15) is 22.8 Å². The predicted octanol–water partition coefficient (Wildman–Crippen LogP) is 6.66. The van der Waals surface area contributed by atoms with Crippen LogP contribution in [0.3, 0.4) is 0 Å². The molecule has 0 spiro atoms. The van der Waals surface area contributed by atoms with E-state index in [0.29, 0.717) is 11.4 Å². The first-order valence-electron chi connectivity index (χ1n) is 13.0. The molecule has 0 saturated carbocycles. The molecule has 3 aromatic carbocycles. The van der Waals surface area contributed by atoms with Crippen LogP contribution in [0.1, 0.15) is 24.2 Å². The lowest BCUT2D eigenvalue weighted by atomic mass is 10.0. The van der Waals surface area contributed by atoms with E-state index in [4.69, 9.17) is 4.74 Å². The van der Waals surface area contributed by atoms with E-state index in [0.717, 1.165) is 41.1 Å². The molecule has 0 radical (unpaired) electrons. The van der Waals surface area contributed by atoms with E-state index in [1.165, 1.54) is 40.2 Å². The summed E-state index contributed by atoms with van der Waals surface area (Å²) >= 11 is 1.09. The van der Waals surface area contributed by atoms with Gasteiger partial charge >= 0.3 is 12.4 Å². The summed E-state index contributed by atoms with van der Waals surface area (Å²) in [5.74, 6) is -1.23. The number of aromatic nitrogens is 3. The molecule has 3 amide bonds. The number of carbonyl (C=O) groups is 2. The van der Waals surface area contributed by atoms with Gasteiger partial charge < -0.3 is 14.8 Å². The number of thioether (sulfide) groups is 1. The van der Waals surface area contributed by atoms with Gasteiger partial charge in [-0.1, -0.05) is 29.5 Å². The fraction of sp³-hybridized carbons (Fsp3) is 0.207. The van der Waals surface area contributed by atoms with E-state index in [2.05, 4.69) is 25.1 Å². The molecule has 15 heteroatoms. The molecule has 1 unspecified atom stereocenters. The molecule has 1 fully saturated rings. The van der Waals surface area contributed by atoms with Crippen molar-refractivity contribution in [2.24, 2.45) is 4.99 Å². The van der Waals surface area contributed by atoms with E-state index in [-0.39, 0.29) is 40.0 Å². The number of nitrogens with one attached hydrogen (secondary N) is 1. The predicted molar refractivity (Wildman–Crippen MR) is 156 cm³/mol. The van der Waals surface area contributed by atoms with Crippen molar-refractivity contribution in [1.82, 2.24) is 14.8 Å². The van der Waals surface area contributed by atoms with E-state index in [1.807, 2.05) is 26.0 Å². The summed E-state index contributed by atoms with van der Waals surface area (Å²) in [4.78, 5) is 35.1. The minimum Gasteiger partial charge on any atom is -0.406 e. The molecule has 228 valence electrons. The third-order valence-electron chi connectivity index (χ3n) is 6.47. The number of hydrogen-bond donors (Lipinski definition) is 1. The molecule has 1 saturated heterocycles. The molecular formula is C29H24F4N6O4S. The first-order chi connectivity index (χ1) is 20.9. The van der Waals surface area contributed by atoms with Crippen molar-refractivity contribution in [3.63, 3.8) is 0 Å². The van der Waals surface area contributed by atoms with Crippen molar-refractivity contribution in [3.05, 3.63) is 83.9 Å². The van der Waals surface area contributed by atoms with Gasteiger partial charge in [0, 0.05) is 18.2 Å². The number of aryl methyl sites for hydroxylation is 1. The summed E-state index contributed by atoms with van der Waals surface area (Å²) in [6.45, 7) is 3.76. The Morgan fingerprint density at radius 2 is 1.86 bits per heavy atom. The molecular weight excluding hydrogens is 604 g/mol. The number of urea groups is 1. The SMILES string of the molecule is COC(C)c1cc(C)ccc1N1C(=O)CSC1=NC(=O)Nc1ccc(-c2ncn(-c3ccc(OC(F)(F)F)cc3)n2)cc1F. The lowest BCUT2D eigenvalue weighted by molar-refractivity contribution is -0.274. The highest BCUT2D eigenvalue weighted by Gasteiger charge is 2.33. The molecule has 44 heavy (non-hydrogen) atoms. The van der Waals surface area contributed by atoms with Crippen molar-refractivity contribution < 1.29 is 36.6 Å². The van der Waals surface area contributed by atoms with Gasteiger partial charge in [0.25, 0.3) is 0 Å².